The zero-order valence-electron chi connectivity index (χ0n) is 18.1. The van der Waals surface area contributed by atoms with Crippen molar-refractivity contribution in [1.29, 1.82) is 0 Å². The van der Waals surface area contributed by atoms with Crippen molar-refractivity contribution in [2.24, 2.45) is 0 Å². The Morgan fingerprint density at radius 3 is 2.82 bits per heavy atom. The second-order valence-electron chi connectivity index (χ2n) is 8.05. The molecule has 2 aliphatic rings. The number of nitrogens with zero attached hydrogens (tertiary/aromatic N) is 1. The summed E-state index contributed by atoms with van der Waals surface area (Å²) in [6.07, 6.45) is 1.16. The third-order valence-corrected chi connectivity index (χ3v) is 7.67. The number of sulfonamides is 1. The van der Waals surface area contributed by atoms with Crippen LogP contribution in [0.5, 0.6) is 0 Å². The first kappa shape index (κ1) is 23.7. The Balaban J connectivity index is 1.44. The second kappa shape index (κ2) is 9.80. The Bertz CT molecular complexity index is 1160. The Labute approximate surface area is 197 Å². The van der Waals surface area contributed by atoms with Gasteiger partial charge < -0.3 is 14.4 Å². The van der Waals surface area contributed by atoms with Crippen molar-refractivity contribution in [1.82, 2.24) is 4.72 Å². The number of esters is 1. The molecule has 2 aromatic rings. The molecule has 2 atom stereocenters. The summed E-state index contributed by atoms with van der Waals surface area (Å²) in [5, 5.41) is -0.0239. The van der Waals surface area contributed by atoms with E-state index in [1.54, 1.807) is 4.90 Å². The minimum Gasteiger partial charge on any atom is -0.449 e. The minimum atomic E-state index is -3.97. The lowest BCUT2D eigenvalue weighted by molar-refractivity contribution is -0.126. The monoisotopic (exact) mass is 492 g/mol. The minimum absolute atomic E-state index is 0.0154. The fourth-order valence-electron chi connectivity index (χ4n) is 3.99. The molecule has 0 aromatic heterocycles. The molecule has 1 amide bonds. The summed E-state index contributed by atoms with van der Waals surface area (Å²) in [5.74, 6) is -1.15. The van der Waals surface area contributed by atoms with E-state index in [1.165, 1.54) is 19.1 Å². The molecule has 0 aliphatic carbocycles. The fraction of sp³-hybridized carbons (Fsp3) is 0.391. The number of nitrogens with one attached hydrogen (secondary N) is 1. The van der Waals surface area contributed by atoms with Crippen LogP contribution in [-0.2, 0) is 30.7 Å². The summed E-state index contributed by atoms with van der Waals surface area (Å²) in [5.41, 5.74) is 1.85. The lowest BCUT2D eigenvalue weighted by Crippen LogP contribution is -2.39. The molecule has 1 fully saturated rings. The molecule has 33 heavy (non-hydrogen) atoms. The summed E-state index contributed by atoms with van der Waals surface area (Å²) in [6.45, 7) is 2.74. The SMILES string of the molecule is CC(OC(=O)c1ccc(Cl)c(S(=O)(=O)NCC2CCCO2)c1)C(=O)N1CCc2ccccc21. The van der Waals surface area contributed by atoms with Gasteiger partial charge in [-0.15, -0.1) is 0 Å². The highest BCUT2D eigenvalue weighted by atomic mass is 35.5. The third kappa shape index (κ3) is 5.22. The van der Waals surface area contributed by atoms with Gasteiger partial charge in [0.05, 0.1) is 16.7 Å². The van der Waals surface area contributed by atoms with Crippen LogP contribution < -0.4 is 9.62 Å². The summed E-state index contributed by atoms with van der Waals surface area (Å²) in [7, 11) is -3.97. The van der Waals surface area contributed by atoms with E-state index < -0.39 is 22.1 Å². The summed E-state index contributed by atoms with van der Waals surface area (Å²) in [4.78, 5) is 26.9. The highest BCUT2D eigenvalue weighted by molar-refractivity contribution is 7.89. The van der Waals surface area contributed by atoms with Crippen LogP contribution in [-0.4, -0.2) is 52.2 Å². The molecule has 4 rings (SSSR count). The molecule has 0 saturated carbocycles. The van der Waals surface area contributed by atoms with Gasteiger partial charge in [-0.25, -0.2) is 17.9 Å². The number of carbonyl (C=O) groups excluding carboxylic acids is 2. The molecule has 176 valence electrons. The number of fused-ring (bicyclic) bond motifs is 1. The fourth-order valence-corrected chi connectivity index (χ4v) is 5.58. The molecule has 2 aromatic carbocycles. The molecule has 0 radical (unpaired) electrons. The molecule has 8 nitrogen and oxygen atoms in total. The van der Waals surface area contributed by atoms with E-state index >= 15 is 0 Å². The number of anilines is 1. The van der Waals surface area contributed by atoms with E-state index in [1.807, 2.05) is 24.3 Å². The van der Waals surface area contributed by atoms with Crippen LogP contribution in [0.1, 0.15) is 35.7 Å². The summed E-state index contributed by atoms with van der Waals surface area (Å²) >= 11 is 6.11. The maximum Gasteiger partial charge on any atom is 0.338 e. The third-order valence-electron chi connectivity index (χ3n) is 5.77. The van der Waals surface area contributed by atoms with Crippen LogP contribution in [0.4, 0.5) is 5.69 Å². The van der Waals surface area contributed by atoms with Gasteiger partial charge in [0.1, 0.15) is 4.90 Å². The Kier molecular flexibility index (Phi) is 7.04. The lowest BCUT2D eigenvalue weighted by Gasteiger charge is -2.22. The van der Waals surface area contributed by atoms with Gasteiger partial charge in [-0.2, -0.15) is 0 Å². The highest BCUT2D eigenvalue weighted by Crippen LogP contribution is 2.29. The van der Waals surface area contributed by atoms with Crippen molar-refractivity contribution in [3.63, 3.8) is 0 Å². The summed E-state index contributed by atoms with van der Waals surface area (Å²) < 4.78 is 38.8. The topological polar surface area (TPSA) is 102 Å². The number of halogens is 1. The molecule has 1 N–H and O–H groups in total. The quantitative estimate of drug-likeness (QED) is 0.596. The maximum absolute atomic E-state index is 12.9. The van der Waals surface area contributed by atoms with Gasteiger partial charge in [0.2, 0.25) is 10.0 Å². The van der Waals surface area contributed by atoms with E-state index in [0.29, 0.717) is 13.2 Å². The number of rotatable bonds is 7. The number of hydrogen-bond donors (Lipinski definition) is 1. The summed E-state index contributed by atoms with van der Waals surface area (Å²) in [6, 6.07) is 11.4. The predicted molar refractivity (Wildman–Crippen MR) is 123 cm³/mol. The van der Waals surface area contributed by atoms with Crippen molar-refractivity contribution in [2.75, 3.05) is 24.6 Å². The van der Waals surface area contributed by atoms with Gasteiger partial charge in [-0.1, -0.05) is 29.8 Å². The van der Waals surface area contributed by atoms with Crippen LogP contribution in [0.15, 0.2) is 47.4 Å². The zero-order valence-corrected chi connectivity index (χ0v) is 19.7. The molecule has 10 heteroatoms. The molecule has 2 aliphatic heterocycles. The van der Waals surface area contributed by atoms with Gasteiger partial charge in [-0.05, 0) is 56.0 Å². The first-order valence-electron chi connectivity index (χ1n) is 10.8. The number of ether oxygens (including phenoxy) is 2. The van der Waals surface area contributed by atoms with Crippen molar-refractivity contribution >= 4 is 39.2 Å². The molecular formula is C23H25ClN2O6S. The van der Waals surface area contributed by atoms with Crippen molar-refractivity contribution < 1.29 is 27.5 Å². The van der Waals surface area contributed by atoms with Crippen molar-refractivity contribution in [3.05, 3.63) is 58.6 Å². The average Bonchev–Trinajstić information content (AvgIpc) is 3.47. The maximum atomic E-state index is 12.9. The van der Waals surface area contributed by atoms with Gasteiger partial charge in [-0.3, -0.25) is 4.79 Å². The van der Waals surface area contributed by atoms with Gasteiger partial charge in [0.25, 0.3) is 5.91 Å². The molecule has 2 heterocycles. The van der Waals surface area contributed by atoms with Crippen molar-refractivity contribution in [3.8, 4) is 0 Å². The number of amides is 1. The molecular weight excluding hydrogens is 468 g/mol. The van der Waals surface area contributed by atoms with E-state index in [-0.39, 0.29) is 34.0 Å². The van der Waals surface area contributed by atoms with E-state index in [4.69, 9.17) is 21.1 Å². The Hall–Kier alpha value is -2.46. The van der Waals surface area contributed by atoms with Crippen LogP contribution in [0, 0.1) is 0 Å². The number of para-hydroxylation sites is 1. The van der Waals surface area contributed by atoms with E-state index in [0.717, 1.165) is 36.6 Å². The largest absolute Gasteiger partial charge is 0.449 e. The lowest BCUT2D eigenvalue weighted by atomic mass is 10.2. The first-order valence-corrected chi connectivity index (χ1v) is 12.6. The van der Waals surface area contributed by atoms with Gasteiger partial charge in [0.15, 0.2) is 6.10 Å². The van der Waals surface area contributed by atoms with Gasteiger partial charge in [0, 0.05) is 25.4 Å². The van der Waals surface area contributed by atoms with Crippen LogP contribution in [0.3, 0.4) is 0 Å². The molecule has 1 saturated heterocycles. The standard InChI is InChI=1S/C23H25ClN2O6S/c1-15(22(27)26-11-10-16-5-2-3-7-20(16)26)32-23(28)17-8-9-19(24)21(13-17)33(29,30)25-14-18-6-4-12-31-18/h2-3,5,7-9,13,15,18,25H,4,6,10-12,14H2,1H3. The van der Waals surface area contributed by atoms with Crippen LogP contribution >= 0.6 is 11.6 Å². The zero-order chi connectivity index (χ0) is 23.6. The number of benzene rings is 2. The predicted octanol–water partition coefficient (Wildman–Crippen LogP) is 2.93. The molecule has 2 unspecified atom stereocenters. The van der Waals surface area contributed by atoms with E-state index in [2.05, 4.69) is 4.72 Å². The molecule has 0 bridgehead atoms. The highest BCUT2D eigenvalue weighted by Gasteiger charge is 2.30. The number of hydrogen-bond acceptors (Lipinski definition) is 6. The van der Waals surface area contributed by atoms with E-state index in [9.17, 15) is 18.0 Å². The number of carbonyl (C=O) groups is 2. The Morgan fingerprint density at radius 2 is 2.06 bits per heavy atom. The molecule has 0 spiro atoms. The van der Waals surface area contributed by atoms with Crippen LogP contribution in [0.2, 0.25) is 5.02 Å². The normalized spacial score (nSPS) is 18.7. The Morgan fingerprint density at radius 1 is 1.27 bits per heavy atom. The first-order chi connectivity index (χ1) is 15.8. The smallest absolute Gasteiger partial charge is 0.338 e. The van der Waals surface area contributed by atoms with Gasteiger partial charge >= 0.3 is 5.97 Å². The second-order valence-corrected chi connectivity index (χ2v) is 10.2. The average molecular weight is 493 g/mol. The van der Waals surface area contributed by atoms with Crippen molar-refractivity contribution in [2.45, 2.75) is 43.3 Å². The van der Waals surface area contributed by atoms with Crippen LogP contribution in [0.25, 0.3) is 0 Å².